The molecule has 3 aromatic rings. The highest BCUT2D eigenvalue weighted by Gasteiger charge is 2.10. The van der Waals surface area contributed by atoms with Crippen molar-refractivity contribution in [1.82, 2.24) is 4.98 Å². The summed E-state index contributed by atoms with van der Waals surface area (Å²) in [6.07, 6.45) is 0. The van der Waals surface area contributed by atoms with Gasteiger partial charge in [-0.1, -0.05) is 12.1 Å². The van der Waals surface area contributed by atoms with E-state index < -0.39 is 0 Å². The number of hydrogen-bond donors (Lipinski definition) is 1. The summed E-state index contributed by atoms with van der Waals surface area (Å²) in [4.78, 5) is 4.66. The molecule has 0 radical (unpaired) electrons. The van der Waals surface area contributed by atoms with Gasteiger partial charge in [0.2, 0.25) is 0 Å². The molecule has 80 valence electrons. The summed E-state index contributed by atoms with van der Waals surface area (Å²) in [6.45, 7) is 2.09. The fourth-order valence-electron chi connectivity index (χ4n) is 1.70. The quantitative estimate of drug-likeness (QED) is 0.707. The molecule has 0 aliphatic heterocycles. The molecule has 0 atom stereocenters. The lowest BCUT2D eigenvalue weighted by atomic mass is 10.2. The number of para-hydroxylation sites is 1. The molecule has 4 heteroatoms. The van der Waals surface area contributed by atoms with Gasteiger partial charge in [0.25, 0.3) is 0 Å². The molecule has 0 saturated carbocycles. The number of thiazole rings is 1. The van der Waals surface area contributed by atoms with E-state index in [-0.39, 0.29) is 0 Å². The van der Waals surface area contributed by atoms with E-state index >= 15 is 0 Å². The van der Waals surface area contributed by atoms with E-state index in [4.69, 9.17) is 5.73 Å². The van der Waals surface area contributed by atoms with Crippen LogP contribution in [0.15, 0.2) is 29.6 Å². The summed E-state index contributed by atoms with van der Waals surface area (Å²) in [6, 6.07) is 8.29. The number of fused-ring (bicyclic) bond motifs is 1. The topological polar surface area (TPSA) is 38.9 Å². The zero-order chi connectivity index (χ0) is 11.1. The lowest BCUT2D eigenvalue weighted by molar-refractivity contribution is 1.42. The van der Waals surface area contributed by atoms with E-state index in [0.717, 1.165) is 21.1 Å². The van der Waals surface area contributed by atoms with Crippen molar-refractivity contribution in [3.63, 3.8) is 0 Å². The molecular formula is C12H10N2S2. The number of nitrogens with two attached hydrogens (primary N) is 1. The first-order chi connectivity index (χ1) is 7.75. The van der Waals surface area contributed by atoms with Crippen LogP contribution in [0, 0.1) is 6.92 Å². The van der Waals surface area contributed by atoms with E-state index in [0.29, 0.717) is 0 Å². The Hall–Kier alpha value is -1.39. The minimum Gasteiger partial charge on any atom is -0.390 e. The molecule has 1 aromatic carbocycles. The fraction of sp³-hybridized carbons (Fsp3) is 0.0833. The number of aryl methyl sites for hydroxylation is 1. The molecule has 2 N–H and O–H groups in total. The van der Waals surface area contributed by atoms with Crippen LogP contribution in [-0.4, -0.2) is 4.98 Å². The van der Waals surface area contributed by atoms with Gasteiger partial charge in [-0.2, -0.15) is 0 Å². The van der Waals surface area contributed by atoms with Crippen LogP contribution in [0.5, 0.6) is 0 Å². The van der Waals surface area contributed by atoms with Crippen LogP contribution < -0.4 is 5.73 Å². The first kappa shape index (κ1) is 9.81. The summed E-state index contributed by atoms with van der Waals surface area (Å²) < 4.78 is 1.22. The molecule has 2 aromatic heterocycles. The highest BCUT2D eigenvalue weighted by Crippen LogP contribution is 2.36. The lowest BCUT2D eigenvalue weighted by Gasteiger charge is -1.92. The second kappa shape index (κ2) is 3.57. The number of nitrogens with zero attached hydrogens (tertiary/aromatic N) is 1. The van der Waals surface area contributed by atoms with E-state index in [9.17, 15) is 0 Å². The Morgan fingerprint density at radius 3 is 2.81 bits per heavy atom. The first-order valence-electron chi connectivity index (χ1n) is 4.95. The normalized spacial score (nSPS) is 11.1. The maximum Gasteiger partial charge on any atom is 0.127 e. The minimum absolute atomic E-state index is 0.844. The molecule has 0 fully saturated rings. The average molecular weight is 246 g/mol. The molecule has 0 saturated heterocycles. The van der Waals surface area contributed by atoms with E-state index in [2.05, 4.69) is 30.1 Å². The molecule has 2 heterocycles. The van der Waals surface area contributed by atoms with Crippen LogP contribution in [0.2, 0.25) is 0 Å². The summed E-state index contributed by atoms with van der Waals surface area (Å²) in [5.41, 5.74) is 9.29. The van der Waals surface area contributed by atoms with Crippen molar-refractivity contribution in [2.45, 2.75) is 6.92 Å². The first-order valence-corrected chi connectivity index (χ1v) is 6.65. The zero-order valence-electron chi connectivity index (χ0n) is 8.73. The maximum absolute atomic E-state index is 5.92. The highest BCUT2D eigenvalue weighted by atomic mass is 32.1. The Balaban J connectivity index is 2.27. The van der Waals surface area contributed by atoms with Crippen LogP contribution in [-0.2, 0) is 0 Å². The van der Waals surface area contributed by atoms with Crippen molar-refractivity contribution in [2.24, 2.45) is 0 Å². The fourth-order valence-corrected chi connectivity index (χ4v) is 3.49. The smallest absolute Gasteiger partial charge is 0.127 e. The van der Waals surface area contributed by atoms with Crippen molar-refractivity contribution >= 4 is 37.9 Å². The van der Waals surface area contributed by atoms with Gasteiger partial charge in [0.05, 0.1) is 15.2 Å². The van der Waals surface area contributed by atoms with Crippen molar-refractivity contribution in [2.75, 3.05) is 5.73 Å². The van der Waals surface area contributed by atoms with Crippen molar-refractivity contribution in [3.8, 4) is 10.6 Å². The van der Waals surface area contributed by atoms with Crippen molar-refractivity contribution < 1.29 is 0 Å². The molecule has 2 nitrogen and oxygen atoms in total. The molecular weight excluding hydrogens is 236 g/mol. The standard InChI is InChI=1S/C12H10N2S2/c1-7-3-2-4-9-10(7)14-12(16-9)8-5-6-15-11(8)13/h2-6H,13H2,1H3. The molecule has 0 aliphatic carbocycles. The number of anilines is 1. The third-order valence-corrected chi connectivity index (χ3v) is 4.35. The lowest BCUT2D eigenvalue weighted by Crippen LogP contribution is -1.82. The van der Waals surface area contributed by atoms with Gasteiger partial charge in [-0.15, -0.1) is 22.7 Å². The van der Waals surface area contributed by atoms with Gasteiger partial charge in [0.15, 0.2) is 0 Å². The average Bonchev–Trinajstić information content (AvgIpc) is 2.84. The number of benzene rings is 1. The van der Waals surface area contributed by atoms with Gasteiger partial charge in [-0.25, -0.2) is 4.98 Å². The Morgan fingerprint density at radius 2 is 2.12 bits per heavy atom. The second-order valence-corrected chi connectivity index (χ2v) is 5.62. The van der Waals surface area contributed by atoms with Crippen LogP contribution in [0.3, 0.4) is 0 Å². The largest absolute Gasteiger partial charge is 0.390 e. The minimum atomic E-state index is 0.844. The van der Waals surface area contributed by atoms with Gasteiger partial charge in [-0.3, -0.25) is 0 Å². The van der Waals surface area contributed by atoms with Gasteiger partial charge in [0, 0.05) is 5.56 Å². The number of rotatable bonds is 1. The van der Waals surface area contributed by atoms with Gasteiger partial charge < -0.3 is 5.73 Å². The monoisotopic (exact) mass is 246 g/mol. The summed E-state index contributed by atoms with van der Waals surface area (Å²) >= 11 is 3.26. The van der Waals surface area contributed by atoms with Gasteiger partial charge in [-0.05, 0) is 30.0 Å². The van der Waals surface area contributed by atoms with E-state index in [1.807, 2.05) is 11.4 Å². The third kappa shape index (κ3) is 1.42. The van der Waals surface area contributed by atoms with E-state index in [1.54, 1.807) is 22.7 Å². The molecule has 16 heavy (non-hydrogen) atoms. The summed E-state index contributed by atoms with van der Waals surface area (Å²) in [7, 11) is 0. The Morgan fingerprint density at radius 1 is 1.25 bits per heavy atom. The molecule has 0 aliphatic rings. The van der Waals surface area contributed by atoms with Crippen LogP contribution in [0.25, 0.3) is 20.8 Å². The van der Waals surface area contributed by atoms with Gasteiger partial charge >= 0.3 is 0 Å². The van der Waals surface area contributed by atoms with Crippen LogP contribution >= 0.6 is 22.7 Å². The SMILES string of the molecule is Cc1cccc2sc(-c3ccsc3N)nc12. The Labute approximate surface area is 101 Å². The summed E-state index contributed by atoms with van der Waals surface area (Å²) in [5, 5.41) is 3.86. The molecule has 0 amide bonds. The van der Waals surface area contributed by atoms with Crippen LogP contribution in [0.4, 0.5) is 5.00 Å². The van der Waals surface area contributed by atoms with Gasteiger partial charge in [0.1, 0.15) is 5.01 Å². The van der Waals surface area contributed by atoms with Crippen molar-refractivity contribution in [1.29, 1.82) is 0 Å². The van der Waals surface area contributed by atoms with Crippen LogP contribution in [0.1, 0.15) is 5.56 Å². The Bertz CT molecular complexity index is 652. The second-order valence-electron chi connectivity index (χ2n) is 3.64. The molecule has 0 spiro atoms. The summed E-state index contributed by atoms with van der Waals surface area (Å²) in [5.74, 6) is 0. The Kier molecular flexibility index (Phi) is 2.19. The number of hydrogen-bond acceptors (Lipinski definition) is 4. The number of nitrogen functional groups attached to an aromatic ring is 1. The predicted molar refractivity (Wildman–Crippen MR) is 72.1 cm³/mol. The molecule has 0 unspecified atom stereocenters. The molecule has 3 rings (SSSR count). The van der Waals surface area contributed by atoms with E-state index in [1.165, 1.54) is 10.3 Å². The number of aromatic nitrogens is 1. The molecule has 0 bridgehead atoms. The third-order valence-electron chi connectivity index (χ3n) is 2.55. The van der Waals surface area contributed by atoms with Crippen molar-refractivity contribution in [3.05, 3.63) is 35.2 Å². The maximum atomic E-state index is 5.92. The highest BCUT2D eigenvalue weighted by molar-refractivity contribution is 7.22. The number of thiophene rings is 1. The predicted octanol–water partition coefficient (Wildman–Crippen LogP) is 3.92. The zero-order valence-corrected chi connectivity index (χ0v) is 10.4.